The van der Waals surface area contributed by atoms with Crippen LogP contribution in [0.2, 0.25) is 0 Å². The van der Waals surface area contributed by atoms with Crippen LogP contribution in [0, 0.1) is 5.92 Å². The van der Waals surface area contributed by atoms with Crippen molar-refractivity contribution in [2.45, 2.75) is 18.5 Å². The van der Waals surface area contributed by atoms with Crippen molar-refractivity contribution in [1.29, 1.82) is 0 Å². The number of Topliss-reactive ketones (excluding diaryl/α,β-unsaturated/α-hetero) is 1. The van der Waals surface area contributed by atoms with Gasteiger partial charge in [-0.3, -0.25) is 9.59 Å². The average molecular weight is 332 g/mol. The zero-order valence-corrected chi connectivity index (χ0v) is 13.3. The lowest BCUT2D eigenvalue weighted by atomic mass is 9.95. The molecule has 0 aliphatic rings. The van der Waals surface area contributed by atoms with Gasteiger partial charge in [0.15, 0.2) is 5.78 Å². The van der Waals surface area contributed by atoms with Crippen molar-refractivity contribution < 1.29 is 14.3 Å². The van der Waals surface area contributed by atoms with Crippen LogP contribution in [0.25, 0.3) is 0 Å². The number of hydrogen-bond acceptors (Lipinski definition) is 4. The normalized spacial score (nSPS) is 13.1. The molecule has 23 heavy (non-hydrogen) atoms. The Labute approximate surface area is 140 Å². The second kappa shape index (κ2) is 8.46. The van der Waals surface area contributed by atoms with Crippen LogP contribution in [0.15, 0.2) is 60.7 Å². The van der Waals surface area contributed by atoms with E-state index in [9.17, 15) is 9.59 Å². The van der Waals surface area contributed by atoms with E-state index in [1.165, 1.54) is 0 Å². The van der Waals surface area contributed by atoms with Crippen LogP contribution in [0.4, 0.5) is 0 Å². The van der Waals surface area contributed by atoms with Crippen molar-refractivity contribution in [2.24, 2.45) is 11.7 Å². The van der Waals surface area contributed by atoms with Crippen molar-refractivity contribution in [3.8, 4) is 0 Å². The maximum Gasteiger partial charge on any atom is 0.317 e. The largest absolute Gasteiger partial charge is 0.460 e. The first-order valence-corrected chi connectivity index (χ1v) is 7.69. The molecule has 2 aromatic rings. The van der Waals surface area contributed by atoms with Gasteiger partial charge in [-0.2, -0.15) is 0 Å². The molecule has 2 N–H and O–H groups in total. The van der Waals surface area contributed by atoms with Crippen LogP contribution >= 0.6 is 11.6 Å². The maximum absolute atomic E-state index is 12.3. The third kappa shape index (κ3) is 5.20. The molecule has 0 saturated carbocycles. The summed E-state index contributed by atoms with van der Waals surface area (Å²) in [5, 5.41) is 0. The van der Waals surface area contributed by atoms with Crippen molar-refractivity contribution in [2.75, 3.05) is 0 Å². The van der Waals surface area contributed by atoms with Gasteiger partial charge in [0, 0.05) is 0 Å². The molecule has 0 amide bonds. The molecule has 5 heteroatoms. The molecule has 0 saturated heterocycles. The quantitative estimate of drug-likeness (QED) is 0.366. The number of esters is 1. The molecule has 0 radical (unpaired) electrons. The van der Waals surface area contributed by atoms with Gasteiger partial charge in [-0.05, 0) is 17.5 Å². The van der Waals surface area contributed by atoms with Crippen LogP contribution in [-0.4, -0.2) is 17.3 Å². The highest BCUT2D eigenvalue weighted by molar-refractivity contribution is 6.32. The number of benzene rings is 2. The molecule has 0 aliphatic carbocycles. The van der Waals surface area contributed by atoms with Crippen LogP contribution in [0.3, 0.4) is 0 Å². The summed E-state index contributed by atoms with van der Waals surface area (Å²) in [6, 6.07) is 18.5. The minimum atomic E-state index is -1.23. The van der Waals surface area contributed by atoms with Crippen molar-refractivity contribution in [1.82, 2.24) is 0 Å². The monoisotopic (exact) mass is 331 g/mol. The first kappa shape index (κ1) is 17.2. The van der Waals surface area contributed by atoms with Gasteiger partial charge in [0.2, 0.25) is 0 Å². The summed E-state index contributed by atoms with van der Waals surface area (Å²) >= 11 is 5.67. The van der Waals surface area contributed by atoms with Crippen molar-refractivity contribution in [3.63, 3.8) is 0 Å². The fourth-order valence-electron chi connectivity index (χ4n) is 2.17. The summed E-state index contributed by atoms with van der Waals surface area (Å²) in [6.07, 6.45) is 0.216. The Balaban J connectivity index is 2.06. The summed E-state index contributed by atoms with van der Waals surface area (Å²) in [5.74, 6) is -2.15. The van der Waals surface area contributed by atoms with Gasteiger partial charge in [-0.1, -0.05) is 72.3 Å². The molecule has 4 nitrogen and oxygen atoms in total. The number of rotatable bonds is 7. The highest BCUT2D eigenvalue weighted by Crippen LogP contribution is 2.15. The number of nitrogens with two attached hydrogens (primary N) is 1. The van der Waals surface area contributed by atoms with Crippen LogP contribution < -0.4 is 5.73 Å². The third-order valence-corrected chi connectivity index (χ3v) is 3.62. The summed E-state index contributed by atoms with van der Waals surface area (Å²) in [7, 11) is 0. The Kier molecular flexibility index (Phi) is 6.32. The van der Waals surface area contributed by atoms with Crippen LogP contribution in [0.1, 0.15) is 11.1 Å². The van der Waals surface area contributed by atoms with Crippen LogP contribution in [0.5, 0.6) is 0 Å². The van der Waals surface area contributed by atoms with E-state index < -0.39 is 23.2 Å². The third-order valence-electron chi connectivity index (χ3n) is 3.41. The van der Waals surface area contributed by atoms with E-state index in [0.29, 0.717) is 0 Å². The lowest BCUT2D eigenvalue weighted by molar-refractivity contribution is -0.153. The van der Waals surface area contributed by atoms with Gasteiger partial charge in [0.05, 0.1) is 0 Å². The number of hydrogen-bond donors (Lipinski definition) is 1. The van der Waals surface area contributed by atoms with Crippen molar-refractivity contribution in [3.05, 3.63) is 71.8 Å². The maximum atomic E-state index is 12.3. The Morgan fingerprint density at radius 2 is 1.48 bits per heavy atom. The van der Waals surface area contributed by atoms with Gasteiger partial charge < -0.3 is 10.5 Å². The fraction of sp³-hybridized carbons (Fsp3) is 0.222. The highest BCUT2D eigenvalue weighted by atomic mass is 35.5. The highest BCUT2D eigenvalue weighted by Gasteiger charge is 2.31. The van der Waals surface area contributed by atoms with Crippen LogP contribution in [-0.2, 0) is 27.4 Å². The predicted molar refractivity (Wildman–Crippen MR) is 88.7 cm³/mol. The molecule has 2 aromatic carbocycles. The summed E-state index contributed by atoms with van der Waals surface area (Å²) in [5.41, 5.74) is 5.91. The first-order chi connectivity index (χ1) is 11.1. The Bertz CT molecular complexity index is 644. The van der Waals surface area contributed by atoms with E-state index >= 15 is 0 Å². The van der Waals surface area contributed by atoms with Crippen molar-refractivity contribution >= 4 is 23.4 Å². The molecule has 0 spiro atoms. The van der Waals surface area contributed by atoms with Gasteiger partial charge >= 0.3 is 5.97 Å². The van der Waals surface area contributed by atoms with Gasteiger partial charge in [0.25, 0.3) is 0 Å². The SMILES string of the molecule is NC(Cl)C(=O)[C@H](Cc1ccccc1)C(=O)OCc1ccccc1. The van der Waals surface area contributed by atoms with E-state index in [1.54, 1.807) is 0 Å². The summed E-state index contributed by atoms with van der Waals surface area (Å²) in [4.78, 5) is 24.5. The standard InChI is InChI=1S/C18H18ClNO3/c19-17(20)16(21)15(11-13-7-3-1-4-8-13)18(22)23-12-14-9-5-2-6-10-14/h1-10,15,17H,11-12,20H2/t15-,17?/m0/s1. The van der Waals surface area contributed by atoms with E-state index in [-0.39, 0.29) is 13.0 Å². The molecule has 0 bridgehead atoms. The van der Waals surface area contributed by atoms with E-state index in [0.717, 1.165) is 11.1 Å². The number of ketones is 1. The number of carbonyl (C=O) groups excluding carboxylic acids is 2. The van der Waals surface area contributed by atoms with E-state index in [2.05, 4.69) is 0 Å². The lowest BCUT2D eigenvalue weighted by Gasteiger charge is -2.16. The van der Waals surface area contributed by atoms with E-state index in [4.69, 9.17) is 22.1 Å². The molecule has 120 valence electrons. The van der Waals surface area contributed by atoms with E-state index in [1.807, 2.05) is 60.7 Å². The van der Waals surface area contributed by atoms with Gasteiger partial charge in [0.1, 0.15) is 18.0 Å². The Morgan fingerprint density at radius 1 is 0.957 bits per heavy atom. The van der Waals surface area contributed by atoms with Gasteiger partial charge in [-0.25, -0.2) is 0 Å². The topological polar surface area (TPSA) is 69.4 Å². The summed E-state index contributed by atoms with van der Waals surface area (Å²) in [6.45, 7) is 0.107. The Hall–Kier alpha value is -2.17. The minimum absolute atomic E-state index is 0.107. The molecule has 0 aliphatic heterocycles. The minimum Gasteiger partial charge on any atom is -0.460 e. The second-order valence-corrected chi connectivity index (χ2v) is 5.61. The molecule has 2 rings (SSSR count). The number of carbonyl (C=O) groups is 2. The molecule has 0 heterocycles. The Morgan fingerprint density at radius 3 is 2.00 bits per heavy atom. The number of ether oxygens (including phenoxy) is 1. The first-order valence-electron chi connectivity index (χ1n) is 7.26. The summed E-state index contributed by atoms with van der Waals surface area (Å²) < 4.78 is 5.26. The molecule has 0 fully saturated rings. The molecular weight excluding hydrogens is 314 g/mol. The zero-order chi connectivity index (χ0) is 16.7. The number of halogens is 1. The van der Waals surface area contributed by atoms with Gasteiger partial charge in [-0.15, -0.1) is 0 Å². The predicted octanol–water partition coefficient (Wildman–Crippen LogP) is 2.68. The smallest absolute Gasteiger partial charge is 0.317 e. The molecule has 2 atom stereocenters. The molecule has 1 unspecified atom stereocenters. The average Bonchev–Trinajstić information content (AvgIpc) is 2.58. The lowest BCUT2D eigenvalue weighted by Crippen LogP contribution is -2.37. The number of alkyl halides is 1. The zero-order valence-electron chi connectivity index (χ0n) is 12.5. The molecular formula is C18H18ClNO3. The second-order valence-electron chi connectivity index (χ2n) is 5.14. The fourth-order valence-corrected chi connectivity index (χ4v) is 2.32. The molecule has 0 aromatic heterocycles.